The molecule has 0 atom stereocenters. The number of aryl methyl sites for hydroxylation is 1. The first-order valence-corrected chi connectivity index (χ1v) is 7.05. The van der Waals surface area contributed by atoms with Crippen LogP contribution in [0.2, 0.25) is 0 Å². The minimum atomic E-state index is -0.0266. The molecule has 0 bridgehead atoms. The van der Waals surface area contributed by atoms with Gasteiger partial charge in [-0.05, 0) is 41.0 Å². The lowest BCUT2D eigenvalue weighted by atomic mass is 10.1. The molecule has 0 saturated heterocycles. The van der Waals surface area contributed by atoms with Gasteiger partial charge < -0.3 is 5.32 Å². The van der Waals surface area contributed by atoms with Crippen LogP contribution < -0.4 is 5.32 Å². The average molecular weight is 275 g/mol. The standard InChI is InChI=1S/C19H17NO/c1-14-6-2-5-9-18(14)19(21)20-13-15-10-11-16-7-3-4-8-17(16)12-15/h2-12H,13H2,1H3,(H,20,21). The summed E-state index contributed by atoms with van der Waals surface area (Å²) in [6.45, 7) is 2.49. The summed E-state index contributed by atoms with van der Waals surface area (Å²) < 4.78 is 0. The van der Waals surface area contributed by atoms with Crippen LogP contribution in [-0.4, -0.2) is 5.91 Å². The largest absolute Gasteiger partial charge is 0.348 e. The third kappa shape index (κ3) is 2.95. The van der Waals surface area contributed by atoms with Crippen molar-refractivity contribution in [3.8, 4) is 0 Å². The third-order valence-corrected chi connectivity index (χ3v) is 3.66. The molecule has 104 valence electrons. The minimum Gasteiger partial charge on any atom is -0.348 e. The summed E-state index contributed by atoms with van der Waals surface area (Å²) >= 11 is 0. The number of amides is 1. The second kappa shape index (κ2) is 5.80. The van der Waals surface area contributed by atoms with Gasteiger partial charge in [-0.15, -0.1) is 0 Å². The fourth-order valence-corrected chi connectivity index (χ4v) is 2.45. The van der Waals surface area contributed by atoms with Crippen molar-refractivity contribution in [1.29, 1.82) is 0 Å². The molecule has 1 amide bonds. The molecule has 0 aromatic heterocycles. The van der Waals surface area contributed by atoms with Crippen LogP contribution >= 0.6 is 0 Å². The number of nitrogens with one attached hydrogen (secondary N) is 1. The molecule has 3 aromatic rings. The quantitative estimate of drug-likeness (QED) is 0.766. The van der Waals surface area contributed by atoms with Crippen LogP contribution in [0.3, 0.4) is 0 Å². The number of benzene rings is 3. The molecule has 0 unspecified atom stereocenters. The van der Waals surface area contributed by atoms with Crippen LogP contribution in [-0.2, 0) is 6.54 Å². The Kier molecular flexibility index (Phi) is 3.69. The van der Waals surface area contributed by atoms with Gasteiger partial charge in [-0.2, -0.15) is 0 Å². The third-order valence-electron chi connectivity index (χ3n) is 3.66. The Morgan fingerprint density at radius 1 is 0.905 bits per heavy atom. The number of fused-ring (bicyclic) bond motifs is 1. The molecular formula is C19H17NO. The van der Waals surface area contributed by atoms with Crippen LogP contribution in [0.5, 0.6) is 0 Å². The van der Waals surface area contributed by atoms with E-state index in [1.807, 2.05) is 43.3 Å². The second-order valence-electron chi connectivity index (χ2n) is 5.18. The van der Waals surface area contributed by atoms with E-state index >= 15 is 0 Å². The molecule has 2 nitrogen and oxygen atoms in total. The van der Waals surface area contributed by atoms with Crippen LogP contribution in [0.25, 0.3) is 10.8 Å². The van der Waals surface area contributed by atoms with Crippen molar-refractivity contribution < 1.29 is 4.79 Å². The molecule has 0 aliphatic carbocycles. The van der Waals surface area contributed by atoms with E-state index in [0.29, 0.717) is 6.54 Å². The molecule has 3 aromatic carbocycles. The van der Waals surface area contributed by atoms with E-state index in [0.717, 1.165) is 16.7 Å². The van der Waals surface area contributed by atoms with Gasteiger partial charge in [0.2, 0.25) is 0 Å². The highest BCUT2D eigenvalue weighted by Gasteiger charge is 2.07. The highest BCUT2D eigenvalue weighted by atomic mass is 16.1. The Hall–Kier alpha value is -2.61. The summed E-state index contributed by atoms with van der Waals surface area (Å²) in [7, 11) is 0. The topological polar surface area (TPSA) is 29.1 Å². The van der Waals surface area contributed by atoms with Gasteiger partial charge in [-0.3, -0.25) is 4.79 Å². The second-order valence-corrected chi connectivity index (χ2v) is 5.18. The zero-order valence-corrected chi connectivity index (χ0v) is 12.0. The van der Waals surface area contributed by atoms with E-state index in [2.05, 4.69) is 35.6 Å². The van der Waals surface area contributed by atoms with Crippen molar-refractivity contribution in [1.82, 2.24) is 5.32 Å². The Morgan fingerprint density at radius 2 is 1.62 bits per heavy atom. The summed E-state index contributed by atoms with van der Waals surface area (Å²) in [5.74, 6) is -0.0266. The maximum atomic E-state index is 12.2. The Bertz CT molecular complexity index is 792. The normalized spacial score (nSPS) is 10.5. The molecular weight excluding hydrogens is 258 g/mol. The van der Waals surface area contributed by atoms with Crippen LogP contribution in [0.1, 0.15) is 21.5 Å². The summed E-state index contributed by atoms with van der Waals surface area (Å²) in [4.78, 5) is 12.2. The number of carbonyl (C=O) groups is 1. The Labute approximate surface area is 124 Å². The van der Waals surface area contributed by atoms with Crippen molar-refractivity contribution >= 4 is 16.7 Å². The first-order chi connectivity index (χ1) is 10.2. The summed E-state index contributed by atoms with van der Waals surface area (Å²) in [5.41, 5.74) is 2.84. The molecule has 3 rings (SSSR count). The monoisotopic (exact) mass is 275 g/mol. The predicted octanol–water partition coefficient (Wildman–Crippen LogP) is 4.08. The van der Waals surface area contributed by atoms with Gasteiger partial charge in [-0.1, -0.05) is 54.6 Å². The van der Waals surface area contributed by atoms with Crippen molar-refractivity contribution in [3.63, 3.8) is 0 Å². The lowest BCUT2D eigenvalue weighted by Crippen LogP contribution is -2.23. The van der Waals surface area contributed by atoms with Crippen LogP contribution in [0, 0.1) is 6.92 Å². The molecule has 21 heavy (non-hydrogen) atoms. The zero-order valence-electron chi connectivity index (χ0n) is 12.0. The minimum absolute atomic E-state index is 0.0266. The van der Waals surface area contributed by atoms with E-state index in [1.165, 1.54) is 10.8 Å². The number of hydrogen-bond acceptors (Lipinski definition) is 1. The zero-order chi connectivity index (χ0) is 14.7. The summed E-state index contributed by atoms with van der Waals surface area (Å²) in [5, 5.41) is 5.39. The number of carbonyl (C=O) groups excluding carboxylic acids is 1. The number of hydrogen-bond donors (Lipinski definition) is 1. The van der Waals surface area contributed by atoms with E-state index in [-0.39, 0.29) is 5.91 Å². The maximum absolute atomic E-state index is 12.2. The van der Waals surface area contributed by atoms with Gasteiger partial charge in [0.05, 0.1) is 0 Å². The highest BCUT2D eigenvalue weighted by Crippen LogP contribution is 2.15. The molecule has 0 aliphatic rings. The molecule has 1 N–H and O–H groups in total. The molecule has 0 saturated carbocycles. The van der Waals surface area contributed by atoms with Crippen molar-refractivity contribution in [2.75, 3.05) is 0 Å². The SMILES string of the molecule is Cc1ccccc1C(=O)NCc1ccc2ccccc2c1. The molecule has 2 heteroatoms. The van der Waals surface area contributed by atoms with E-state index < -0.39 is 0 Å². The van der Waals surface area contributed by atoms with E-state index in [1.54, 1.807) is 0 Å². The first-order valence-electron chi connectivity index (χ1n) is 7.05. The van der Waals surface area contributed by atoms with Gasteiger partial charge in [-0.25, -0.2) is 0 Å². The fourth-order valence-electron chi connectivity index (χ4n) is 2.45. The number of rotatable bonds is 3. The summed E-state index contributed by atoms with van der Waals surface area (Å²) in [6.07, 6.45) is 0. The Morgan fingerprint density at radius 3 is 2.43 bits per heavy atom. The Balaban J connectivity index is 1.74. The molecule has 0 aliphatic heterocycles. The smallest absolute Gasteiger partial charge is 0.251 e. The van der Waals surface area contributed by atoms with Crippen molar-refractivity contribution in [3.05, 3.63) is 83.4 Å². The van der Waals surface area contributed by atoms with Gasteiger partial charge >= 0.3 is 0 Å². The van der Waals surface area contributed by atoms with E-state index in [9.17, 15) is 4.79 Å². The molecule has 0 heterocycles. The maximum Gasteiger partial charge on any atom is 0.251 e. The van der Waals surface area contributed by atoms with Gasteiger partial charge in [0.1, 0.15) is 0 Å². The van der Waals surface area contributed by atoms with Crippen molar-refractivity contribution in [2.24, 2.45) is 0 Å². The predicted molar refractivity (Wildman–Crippen MR) is 86.3 cm³/mol. The van der Waals surface area contributed by atoms with E-state index in [4.69, 9.17) is 0 Å². The lowest BCUT2D eigenvalue weighted by molar-refractivity contribution is 0.0950. The molecule has 0 fully saturated rings. The van der Waals surface area contributed by atoms with Crippen LogP contribution in [0.15, 0.2) is 66.7 Å². The van der Waals surface area contributed by atoms with Gasteiger partial charge in [0, 0.05) is 12.1 Å². The lowest BCUT2D eigenvalue weighted by Gasteiger charge is -2.08. The fraction of sp³-hybridized carbons (Fsp3) is 0.105. The molecule has 0 spiro atoms. The van der Waals surface area contributed by atoms with Gasteiger partial charge in [0.25, 0.3) is 5.91 Å². The van der Waals surface area contributed by atoms with Gasteiger partial charge in [0.15, 0.2) is 0 Å². The highest BCUT2D eigenvalue weighted by molar-refractivity contribution is 5.95. The average Bonchev–Trinajstić information content (AvgIpc) is 2.53. The summed E-state index contributed by atoms with van der Waals surface area (Å²) in [6, 6.07) is 22.1. The molecule has 0 radical (unpaired) electrons. The van der Waals surface area contributed by atoms with Crippen molar-refractivity contribution in [2.45, 2.75) is 13.5 Å². The van der Waals surface area contributed by atoms with Crippen LogP contribution in [0.4, 0.5) is 0 Å². The first kappa shape index (κ1) is 13.4.